The first-order valence-electron chi connectivity index (χ1n) is 6.31. The van der Waals surface area contributed by atoms with Crippen LogP contribution >= 0.6 is 7.94 Å². The third-order valence-corrected chi connectivity index (χ3v) is 3.67. The van der Waals surface area contributed by atoms with E-state index in [9.17, 15) is 14.9 Å². The molecule has 2 aromatic rings. The van der Waals surface area contributed by atoms with Crippen molar-refractivity contribution in [3.05, 3.63) is 63.7 Å². The molecule has 0 bridgehead atoms. The van der Waals surface area contributed by atoms with Crippen LogP contribution in [0, 0.1) is 21.4 Å². The van der Waals surface area contributed by atoms with Gasteiger partial charge in [0.1, 0.15) is 17.1 Å². The van der Waals surface area contributed by atoms with Crippen LogP contribution in [0.15, 0.2) is 42.5 Å². The number of hydrogen-bond acceptors (Lipinski definition) is 8. The predicted octanol–water partition coefficient (Wildman–Crippen LogP) is 2.14. The van der Waals surface area contributed by atoms with Crippen LogP contribution in [0.5, 0.6) is 11.5 Å². The van der Waals surface area contributed by atoms with Crippen molar-refractivity contribution in [1.82, 2.24) is 0 Å². The van der Waals surface area contributed by atoms with Gasteiger partial charge < -0.3 is 4.74 Å². The molecule has 0 radical (unpaired) electrons. The lowest BCUT2D eigenvalue weighted by atomic mass is 10.2. The Hall–Kier alpha value is -2.89. The second kappa shape index (κ2) is 6.70. The van der Waals surface area contributed by atoms with E-state index < -0.39 is 29.6 Å². The first-order valence-corrected chi connectivity index (χ1v) is 7.95. The summed E-state index contributed by atoms with van der Waals surface area (Å²) in [4.78, 5) is 49.4. The van der Waals surface area contributed by atoms with E-state index in [1.165, 1.54) is 24.3 Å². The third-order valence-electron chi connectivity index (χ3n) is 2.89. The van der Waals surface area contributed by atoms with Gasteiger partial charge in [0.15, 0.2) is 0 Å². The highest BCUT2D eigenvalue weighted by Crippen LogP contribution is 2.50. The maximum Gasteiger partial charge on any atom is 0.484 e. The second-order valence-electron chi connectivity index (χ2n) is 4.55. The van der Waals surface area contributed by atoms with Crippen LogP contribution in [0.4, 0.5) is 5.69 Å². The molecule has 2 rings (SSSR count). The van der Waals surface area contributed by atoms with Crippen molar-refractivity contribution >= 4 is 19.2 Å². The maximum absolute atomic E-state index is 11.9. The van der Waals surface area contributed by atoms with E-state index in [1.807, 2.05) is 6.07 Å². The molecule has 24 heavy (non-hydrogen) atoms. The Morgan fingerprint density at radius 1 is 1.17 bits per heavy atom. The molecule has 0 heterocycles. The minimum absolute atomic E-state index is 0.203. The summed E-state index contributed by atoms with van der Waals surface area (Å²) in [6.07, 6.45) is 0. The Balaban J connectivity index is 2.46. The molecule has 3 N–H and O–H groups in total. The smallest absolute Gasteiger partial charge is 0.456 e. The molecular formula is C14H10N2O7P+. The summed E-state index contributed by atoms with van der Waals surface area (Å²) in [5.41, 5.74) is -2.14. The molecule has 10 heteroatoms. The van der Waals surface area contributed by atoms with Crippen molar-refractivity contribution < 1.29 is 29.1 Å². The summed E-state index contributed by atoms with van der Waals surface area (Å²) in [5, 5.41) is 19.5. The fourth-order valence-corrected chi connectivity index (χ4v) is 2.27. The van der Waals surface area contributed by atoms with Crippen LogP contribution in [0.2, 0.25) is 0 Å². The van der Waals surface area contributed by atoms with E-state index in [0.717, 1.165) is 18.2 Å². The van der Waals surface area contributed by atoms with Gasteiger partial charge in [-0.25, -0.2) is 4.79 Å². The Kier molecular flexibility index (Phi) is 4.87. The highest BCUT2D eigenvalue weighted by molar-refractivity contribution is 7.76. The molecule has 0 spiro atoms. The van der Waals surface area contributed by atoms with E-state index in [1.54, 1.807) is 0 Å². The van der Waals surface area contributed by atoms with Crippen molar-refractivity contribution in [2.45, 2.75) is 0 Å². The highest BCUT2D eigenvalue weighted by atomic mass is 31.2. The average molecular weight is 349 g/mol. The molecule has 0 saturated heterocycles. The molecule has 9 nitrogen and oxygen atoms in total. The zero-order valence-electron chi connectivity index (χ0n) is 11.9. The summed E-state index contributed by atoms with van der Waals surface area (Å²) in [6.45, 7) is 0. The minimum atomic E-state index is -4.91. The standard InChI is InChI=1S/C14H10N2O7P/c15-8-9-1-4-11(5-2-9)23-13-6-3-10(16(18)19)7-12(13)14(17)24(20,21)22/h1-7,20-22H/q+1. The molecule has 0 aliphatic rings. The van der Waals surface area contributed by atoms with Gasteiger partial charge in [-0.05, 0) is 30.3 Å². The van der Waals surface area contributed by atoms with E-state index >= 15 is 0 Å². The van der Waals surface area contributed by atoms with E-state index in [0.29, 0.717) is 5.56 Å². The molecule has 0 unspecified atom stereocenters. The van der Waals surface area contributed by atoms with Gasteiger partial charge in [0.05, 0.1) is 16.6 Å². The predicted molar refractivity (Wildman–Crippen MR) is 82.2 cm³/mol. The van der Waals surface area contributed by atoms with Crippen molar-refractivity contribution in [2.75, 3.05) is 0 Å². The SMILES string of the molecule is N#Cc1ccc(Oc2ccc([N+](=O)[O-])cc2C(=O)[P+](O)(O)O)cc1. The maximum atomic E-state index is 11.9. The number of hydrogen-bond donors (Lipinski definition) is 3. The molecule has 0 aliphatic carbocycles. The van der Waals surface area contributed by atoms with Gasteiger partial charge in [-0.15, -0.1) is 0 Å². The number of benzene rings is 2. The average Bonchev–Trinajstić information content (AvgIpc) is 2.54. The van der Waals surface area contributed by atoms with Crippen LogP contribution < -0.4 is 4.74 Å². The fourth-order valence-electron chi connectivity index (χ4n) is 1.77. The molecule has 0 amide bonds. The fraction of sp³-hybridized carbons (Fsp3) is 0. The third kappa shape index (κ3) is 3.90. The normalized spacial score (nSPS) is 10.8. The molecule has 0 aliphatic heterocycles. The van der Waals surface area contributed by atoms with Crippen LogP contribution in [0.3, 0.4) is 0 Å². The van der Waals surface area contributed by atoms with Crippen LogP contribution in [0.1, 0.15) is 15.9 Å². The lowest BCUT2D eigenvalue weighted by Crippen LogP contribution is -2.08. The van der Waals surface area contributed by atoms with Gasteiger partial charge in [0.2, 0.25) is 0 Å². The largest absolute Gasteiger partial charge is 0.484 e. The van der Waals surface area contributed by atoms with Gasteiger partial charge >= 0.3 is 13.5 Å². The molecule has 0 aromatic heterocycles. The Labute approximate surface area is 135 Å². The number of ether oxygens (including phenoxy) is 1. The van der Waals surface area contributed by atoms with Crippen LogP contribution in [-0.2, 0) is 0 Å². The second-order valence-corrected chi connectivity index (χ2v) is 6.09. The Morgan fingerprint density at radius 2 is 1.79 bits per heavy atom. The number of nitrogens with zero attached hydrogens (tertiary/aromatic N) is 2. The molecule has 0 saturated carbocycles. The summed E-state index contributed by atoms with van der Waals surface area (Å²) in [7, 11) is -4.91. The minimum Gasteiger partial charge on any atom is -0.456 e. The number of rotatable bonds is 5. The molecule has 122 valence electrons. The van der Waals surface area contributed by atoms with Gasteiger partial charge in [-0.2, -0.15) is 19.9 Å². The lowest BCUT2D eigenvalue weighted by molar-refractivity contribution is -0.384. The zero-order chi connectivity index (χ0) is 17.9. The van der Waals surface area contributed by atoms with Crippen LogP contribution in [0.25, 0.3) is 0 Å². The summed E-state index contributed by atoms with van der Waals surface area (Å²) >= 11 is 0. The molecule has 0 atom stereocenters. The van der Waals surface area contributed by atoms with Crippen molar-refractivity contribution in [3.8, 4) is 17.6 Å². The summed E-state index contributed by atoms with van der Waals surface area (Å²) in [6, 6.07) is 10.6. The summed E-state index contributed by atoms with van der Waals surface area (Å²) in [5.74, 6) is -0.00788. The van der Waals surface area contributed by atoms with E-state index in [2.05, 4.69) is 0 Å². The van der Waals surface area contributed by atoms with E-state index in [-0.39, 0.29) is 11.5 Å². The van der Waals surface area contributed by atoms with Crippen LogP contribution in [-0.4, -0.2) is 25.1 Å². The van der Waals surface area contributed by atoms with Crippen molar-refractivity contribution in [2.24, 2.45) is 0 Å². The van der Waals surface area contributed by atoms with Gasteiger partial charge in [-0.1, -0.05) is 0 Å². The number of nitriles is 1. The van der Waals surface area contributed by atoms with Crippen molar-refractivity contribution in [1.29, 1.82) is 5.26 Å². The lowest BCUT2D eigenvalue weighted by Gasteiger charge is -2.10. The van der Waals surface area contributed by atoms with Gasteiger partial charge in [-0.3, -0.25) is 10.1 Å². The first kappa shape index (κ1) is 17.5. The summed E-state index contributed by atoms with van der Waals surface area (Å²) < 4.78 is 5.39. The Morgan fingerprint density at radius 3 is 2.29 bits per heavy atom. The number of carbonyl (C=O) groups excluding carboxylic acids is 1. The monoisotopic (exact) mass is 349 g/mol. The highest BCUT2D eigenvalue weighted by Gasteiger charge is 2.45. The number of nitro benzene ring substituents is 1. The molecule has 2 aromatic carbocycles. The topological polar surface area (TPSA) is 154 Å². The molecular weight excluding hydrogens is 339 g/mol. The first-order chi connectivity index (χ1) is 11.2. The number of nitro groups is 1. The van der Waals surface area contributed by atoms with Gasteiger partial charge in [0.25, 0.3) is 5.69 Å². The quantitative estimate of drug-likeness (QED) is 0.421. The number of carbonyl (C=O) groups is 1. The molecule has 0 fully saturated rings. The zero-order valence-corrected chi connectivity index (χ0v) is 12.8. The van der Waals surface area contributed by atoms with Crippen molar-refractivity contribution in [3.63, 3.8) is 0 Å². The van der Waals surface area contributed by atoms with Gasteiger partial charge in [0, 0.05) is 12.1 Å². The Bertz CT molecular complexity index is 838. The number of non-ortho nitro benzene ring substituents is 1. The van der Waals surface area contributed by atoms with E-state index in [4.69, 9.17) is 24.7 Å².